The van der Waals surface area contributed by atoms with Crippen LogP contribution in [0.3, 0.4) is 0 Å². The molecule has 0 N–H and O–H groups in total. The number of fused-ring (bicyclic) bond motifs is 5. The molecule has 5 nitrogen and oxygen atoms in total. The van der Waals surface area contributed by atoms with Crippen molar-refractivity contribution in [2.75, 3.05) is 13.2 Å². The van der Waals surface area contributed by atoms with Crippen molar-refractivity contribution in [1.29, 1.82) is 0 Å². The molecule has 2 fully saturated rings. The molecule has 5 heteroatoms. The Morgan fingerprint density at radius 3 is 3.09 bits per heavy atom. The number of ether oxygens (including phenoxy) is 2. The van der Waals surface area contributed by atoms with Gasteiger partial charge in [-0.05, 0) is 52.6 Å². The first kappa shape index (κ1) is 14.9. The second-order valence-electron chi connectivity index (χ2n) is 7.95. The monoisotopic (exact) mass is 316 g/mol. The van der Waals surface area contributed by atoms with Crippen LogP contribution >= 0.6 is 0 Å². The standard InChI is InChI=1S/C18H24N2O3/c1-17(2,3)23-16(21)18-7-5-9-20(18)14-12(10-18)11-22-15-13(14)6-4-8-19-15/h4,6,8,12,14H,5,7,9-11H2,1-3H3/t12-,14-,18-/m0/s1. The molecule has 0 radical (unpaired) electrons. The molecule has 0 spiro atoms. The number of nitrogens with zero attached hydrogens (tertiary/aromatic N) is 2. The van der Waals surface area contributed by atoms with Crippen molar-refractivity contribution in [2.45, 2.75) is 57.2 Å². The molecular weight excluding hydrogens is 292 g/mol. The molecule has 0 unspecified atom stereocenters. The fourth-order valence-corrected chi connectivity index (χ4v) is 4.51. The molecule has 0 amide bonds. The summed E-state index contributed by atoms with van der Waals surface area (Å²) in [5.41, 5.74) is 0.184. The van der Waals surface area contributed by atoms with Gasteiger partial charge in [-0.3, -0.25) is 9.69 Å². The van der Waals surface area contributed by atoms with Gasteiger partial charge >= 0.3 is 5.97 Å². The van der Waals surface area contributed by atoms with E-state index in [9.17, 15) is 4.79 Å². The minimum absolute atomic E-state index is 0.0673. The first-order valence-corrected chi connectivity index (χ1v) is 8.49. The Balaban J connectivity index is 1.71. The predicted molar refractivity (Wildman–Crippen MR) is 85.1 cm³/mol. The van der Waals surface area contributed by atoms with Crippen LogP contribution in [0.15, 0.2) is 18.3 Å². The number of pyridine rings is 1. The van der Waals surface area contributed by atoms with E-state index in [1.807, 2.05) is 26.8 Å². The molecule has 4 rings (SSSR count). The molecule has 1 aromatic rings. The van der Waals surface area contributed by atoms with Gasteiger partial charge in [-0.15, -0.1) is 0 Å². The highest BCUT2D eigenvalue weighted by Gasteiger charge is 2.61. The second-order valence-corrected chi connectivity index (χ2v) is 7.95. The quantitative estimate of drug-likeness (QED) is 0.746. The van der Waals surface area contributed by atoms with Crippen LogP contribution in [0.5, 0.6) is 5.88 Å². The highest BCUT2D eigenvalue weighted by atomic mass is 16.6. The Kier molecular flexibility index (Phi) is 3.21. The minimum Gasteiger partial charge on any atom is -0.477 e. The van der Waals surface area contributed by atoms with Gasteiger partial charge in [-0.1, -0.05) is 6.07 Å². The van der Waals surface area contributed by atoms with E-state index in [0.717, 1.165) is 37.3 Å². The number of hydrogen-bond donors (Lipinski definition) is 0. The second kappa shape index (κ2) is 4.94. The van der Waals surface area contributed by atoms with E-state index in [-0.39, 0.29) is 12.0 Å². The molecule has 23 heavy (non-hydrogen) atoms. The maximum atomic E-state index is 13.0. The number of hydrogen-bond acceptors (Lipinski definition) is 5. The van der Waals surface area contributed by atoms with Crippen LogP contribution in [0.25, 0.3) is 0 Å². The van der Waals surface area contributed by atoms with Crippen LogP contribution in [-0.2, 0) is 9.53 Å². The van der Waals surface area contributed by atoms with Crippen molar-refractivity contribution in [1.82, 2.24) is 9.88 Å². The molecule has 3 aliphatic rings. The average Bonchev–Trinajstić information content (AvgIpc) is 3.02. The van der Waals surface area contributed by atoms with E-state index < -0.39 is 11.1 Å². The Morgan fingerprint density at radius 2 is 2.30 bits per heavy atom. The molecule has 3 aliphatic heterocycles. The topological polar surface area (TPSA) is 51.7 Å². The van der Waals surface area contributed by atoms with Crippen molar-refractivity contribution in [3.63, 3.8) is 0 Å². The van der Waals surface area contributed by atoms with E-state index in [4.69, 9.17) is 9.47 Å². The summed E-state index contributed by atoms with van der Waals surface area (Å²) in [7, 11) is 0. The number of esters is 1. The number of rotatable bonds is 1. The summed E-state index contributed by atoms with van der Waals surface area (Å²) < 4.78 is 11.6. The first-order chi connectivity index (χ1) is 10.9. The number of carbonyl (C=O) groups excluding carboxylic acids is 1. The lowest BCUT2D eigenvalue weighted by molar-refractivity contribution is -0.167. The van der Waals surface area contributed by atoms with Crippen LogP contribution < -0.4 is 4.74 Å². The minimum atomic E-state index is -0.483. The Labute approximate surface area is 137 Å². The smallest absolute Gasteiger partial charge is 0.327 e. The lowest BCUT2D eigenvalue weighted by Gasteiger charge is -2.36. The highest BCUT2D eigenvalue weighted by Crippen LogP contribution is 2.55. The summed E-state index contributed by atoms with van der Waals surface area (Å²) in [6, 6.07) is 4.26. The zero-order valence-corrected chi connectivity index (χ0v) is 14.0. The van der Waals surface area contributed by atoms with Gasteiger partial charge in [0.1, 0.15) is 11.1 Å². The highest BCUT2D eigenvalue weighted by molar-refractivity contribution is 5.82. The van der Waals surface area contributed by atoms with Crippen molar-refractivity contribution in [3.05, 3.63) is 23.9 Å². The Morgan fingerprint density at radius 1 is 1.48 bits per heavy atom. The molecule has 1 aromatic heterocycles. The molecule has 4 heterocycles. The third-order valence-corrected chi connectivity index (χ3v) is 5.25. The molecule has 3 atom stereocenters. The summed E-state index contributed by atoms with van der Waals surface area (Å²) >= 11 is 0. The third-order valence-electron chi connectivity index (χ3n) is 5.25. The van der Waals surface area contributed by atoms with Gasteiger partial charge in [-0.25, -0.2) is 4.98 Å². The fourth-order valence-electron chi connectivity index (χ4n) is 4.51. The summed E-state index contributed by atoms with van der Waals surface area (Å²) in [5.74, 6) is 0.988. The lowest BCUT2D eigenvalue weighted by Crippen LogP contribution is -2.49. The maximum Gasteiger partial charge on any atom is 0.327 e. The van der Waals surface area contributed by atoms with Gasteiger partial charge in [0, 0.05) is 23.7 Å². The molecular formula is C18H24N2O3. The first-order valence-electron chi connectivity index (χ1n) is 8.49. The number of carbonyl (C=O) groups is 1. The van der Waals surface area contributed by atoms with E-state index in [1.54, 1.807) is 6.20 Å². The normalized spacial score (nSPS) is 32.7. The molecule has 0 bridgehead atoms. The van der Waals surface area contributed by atoms with E-state index in [2.05, 4.69) is 16.0 Å². The van der Waals surface area contributed by atoms with Crippen molar-refractivity contribution in [2.24, 2.45) is 5.92 Å². The predicted octanol–water partition coefficient (Wildman–Crippen LogP) is 2.71. The van der Waals surface area contributed by atoms with E-state index in [0.29, 0.717) is 12.5 Å². The number of aromatic nitrogens is 1. The zero-order chi connectivity index (χ0) is 16.2. The van der Waals surface area contributed by atoms with Crippen LogP contribution in [0.4, 0.5) is 0 Å². The van der Waals surface area contributed by atoms with Crippen molar-refractivity contribution in [3.8, 4) is 5.88 Å². The Hall–Kier alpha value is -1.62. The van der Waals surface area contributed by atoms with Crippen molar-refractivity contribution < 1.29 is 14.3 Å². The fraction of sp³-hybridized carbons (Fsp3) is 0.667. The van der Waals surface area contributed by atoms with Gasteiger partial charge in [0.15, 0.2) is 0 Å². The summed E-state index contributed by atoms with van der Waals surface area (Å²) in [6.07, 6.45) is 4.50. The van der Waals surface area contributed by atoms with Crippen LogP contribution in [0, 0.1) is 5.92 Å². The van der Waals surface area contributed by atoms with Crippen LogP contribution in [-0.4, -0.2) is 40.1 Å². The molecule has 2 saturated heterocycles. The summed E-state index contributed by atoms with van der Waals surface area (Å²) in [4.78, 5) is 19.7. The van der Waals surface area contributed by atoms with Gasteiger partial charge in [0.25, 0.3) is 0 Å². The zero-order valence-electron chi connectivity index (χ0n) is 14.0. The van der Waals surface area contributed by atoms with Crippen molar-refractivity contribution >= 4 is 5.97 Å². The molecule has 0 aromatic carbocycles. The SMILES string of the molecule is CC(C)(C)OC(=O)[C@@]12CCCN1[C@@H]1c3cccnc3OC[C@@H]1C2. The van der Waals surface area contributed by atoms with E-state index >= 15 is 0 Å². The molecule has 124 valence electrons. The van der Waals surface area contributed by atoms with Gasteiger partial charge in [0.2, 0.25) is 5.88 Å². The molecule has 0 aliphatic carbocycles. The van der Waals surface area contributed by atoms with Gasteiger partial charge in [-0.2, -0.15) is 0 Å². The van der Waals surface area contributed by atoms with Gasteiger partial charge < -0.3 is 9.47 Å². The summed E-state index contributed by atoms with van der Waals surface area (Å²) in [5, 5.41) is 0. The molecule has 0 saturated carbocycles. The van der Waals surface area contributed by atoms with Gasteiger partial charge in [0.05, 0.1) is 6.61 Å². The third kappa shape index (κ3) is 2.24. The van der Waals surface area contributed by atoms with Crippen LogP contribution in [0.2, 0.25) is 0 Å². The Bertz CT molecular complexity index is 639. The van der Waals surface area contributed by atoms with E-state index in [1.165, 1.54) is 0 Å². The van der Waals surface area contributed by atoms with Crippen LogP contribution in [0.1, 0.15) is 51.6 Å². The summed E-state index contributed by atoms with van der Waals surface area (Å²) in [6.45, 7) is 7.38. The largest absolute Gasteiger partial charge is 0.477 e. The average molecular weight is 316 g/mol. The maximum absolute atomic E-state index is 13.0. The lowest BCUT2D eigenvalue weighted by atomic mass is 9.86.